The molecule has 1 aliphatic rings. The summed E-state index contributed by atoms with van der Waals surface area (Å²) in [7, 11) is 0. The van der Waals surface area contributed by atoms with Crippen molar-refractivity contribution < 1.29 is 9.13 Å². The zero-order valence-electron chi connectivity index (χ0n) is 10.1. The molecule has 0 aromatic heterocycles. The van der Waals surface area contributed by atoms with E-state index in [2.05, 4.69) is 5.32 Å². The SMILES string of the molecule is NC(=S)c1cc(F)ccc1NCC1CCCCO1. The number of rotatable bonds is 4. The summed E-state index contributed by atoms with van der Waals surface area (Å²) >= 11 is 4.92. The average molecular weight is 268 g/mol. The molecule has 3 nitrogen and oxygen atoms in total. The van der Waals surface area contributed by atoms with Crippen LogP contribution in [0.1, 0.15) is 24.8 Å². The van der Waals surface area contributed by atoms with Gasteiger partial charge in [0.2, 0.25) is 0 Å². The van der Waals surface area contributed by atoms with E-state index in [4.69, 9.17) is 22.7 Å². The number of thiocarbonyl (C=S) groups is 1. The summed E-state index contributed by atoms with van der Waals surface area (Å²) in [5, 5.41) is 3.23. The summed E-state index contributed by atoms with van der Waals surface area (Å²) < 4.78 is 18.8. The van der Waals surface area contributed by atoms with Gasteiger partial charge in [0.25, 0.3) is 0 Å². The topological polar surface area (TPSA) is 47.3 Å². The van der Waals surface area contributed by atoms with Crippen molar-refractivity contribution in [3.63, 3.8) is 0 Å². The van der Waals surface area contributed by atoms with Crippen LogP contribution in [-0.2, 0) is 4.74 Å². The predicted molar refractivity (Wildman–Crippen MR) is 74.4 cm³/mol. The highest BCUT2D eigenvalue weighted by Gasteiger charge is 2.14. The van der Waals surface area contributed by atoms with E-state index in [-0.39, 0.29) is 16.9 Å². The molecule has 18 heavy (non-hydrogen) atoms. The lowest BCUT2D eigenvalue weighted by Crippen LogP contribution is -2.27. The van der Waals surface area contributed by atoms with Gasteiger partial charge in [-0.15, -0.1) is 0 Å². The fraction of sp³-hybridized carbons (Fsp3) is 0.462. The summed E-state index contributed by atoms with van der Waals surface area (Å²) in [4.78, 5) is 0.196. The number of nitrogens with two attached hydrogens (primary N) is 1. The highest BCUT2D eigenvalue weighted by molar-refractivity contribution is 7.80. The zero-order chi connectivity index (χ0) is 13.0. The van der Waals surface area contributed by atoms with E-state index in [0.29, 0.717) is 12.1 Å². The maximum atomic E-state index is 13.1. The minimum absolute atomic E-state index is 0.196. The number of anilines is 1. The van der Waals surface area contributed by atoms with Crippen LogP contribution in [0.4, 0.5) is 10.1 Å². The summed E-state index contributed by atoms with van der Waals surface area (Å²) in [6.07, 6.45) is 3.59. The quantitative estimate of drug-likeness (QED) is 0.823. The molecule has 1 atom stereocenters. The number of nitrogens with one attached hydrogen (secondary N) is 1. The second-order valence-corrected chi connectivity index (χ2v) is 4.86. The number of benzene rings is 1. The molecule has 1 aliphatic heterocycles. The lowest BCUT2D eigenvalue weighted by Gasteiger charge is -2.23. The smallest absolute Gasteiger partial charge is 0.124 e. The molecule has 0 radical (unpaired) electrons. The molecule has 1 unspecified atom stereocenters. The molecular formula is C13H17FN2OS. The third kappa shape index (κ3) is 3.40. The van der Waals surface area contributed by atoms with Crippen LogP contribution in [0.25, 0.3) is 0 Å². The first-order chi connectivity index (χ1) is 8.66. The molecule has 98 valence electrons. The highest BCUT2D eigenvalue weighted by Crippen LogP contribution is 2.19. The third-order valence-corrected chi connectivity index (χ3v) is 3.26. The van der Waals surface area contributed by atoms with Crippen molar-refractivity contribution in [2.75, 3.05) is 18.5 Å². The standard InChI is InChI=1S/C13H17FN2OS/c14-9-4-5-12(11(7-9)13(15)18)16-8-10-3-1-2-6-17-10/h4-5,7,10,16H,1-3,6,8H2,(H2,15,18). The van der Waals surface area contributed by atoms with Gasteiger partial charge in [-0.25, -0.2) is 4.39 Å². The van der Waals surface area contributed by atoms with Gasteiger partial charge in [-0.05, 0) is 37.5 Å². The predicted octanol–water partition coefficient (Wildman–Crippen LogP) is 2.44. The van der Waals surface area contributed by atoms with Crippen molar-refractivity contribution in [2.24, 2.45) is 5.73 Å². The van der Waals surface area contributed by atoms with E-state index in [9.17, 15) is 4.39 Å². The van der Waals surface area contributed by atoms with Gasteiger partial charge in [-0.2, -0.15) is 0 Å². The Morgan fingerprint density at radius 3 is 3.00 bits per heavy atom. The van der Waals surface area contributed by atoms with Crippen LogP contribution in [-0.4, -0.2) is 24.2 Å². The molecule has 1 heterocycles. The Bertz CT molecular complexity index is 433. The van der Waals surface area contributed by atoms with Crippen LogP contribution in [0.3, 0.4) is 0 Å². The Morgan fingerprint density at radius 1 is 1.50 bits per heavy atom. The van der Waals surface area contributed by atoms with Crippen molar-refractivity contribution in [3.05, 3.63) is 29.6 Å². The molecule has 1 saturated heterocycles. The minimum Gasteiger partial charge on any atom is -0.389 e. The van der Waals surface area contributed by atoms with Gasteiger partial charge in [0.1, 0.15) is 10.8 Å². The van der Waals surface area contributed by atoms with Crippen LogP contribution in [0.2, 0.25) is 0 Å². The van der Waals surface area contributed by atoms with Gasteiger partial charge in [0.05, 0.1) is 6.10 Å². The first-order valence-corrected chi connectivity index (χ1v) is 6.52. The second kappa shape index (κ2) is 6.11. The van der Waals surface area contributed by atoms with Gasteiger partial charge in [-0.3, -0.25) is 0 Å². The second-order valence-electron chi connectivity index (χ2n) is 4.42. The average Bonchev–Trinajstić information content (AvgIpc) is 2.38. The van der Waals surface area contributed by atoms with E-state index in [1.807, 2.05) is 0 Å². The maximum absolute atomic E-state index is 13.1. The summed E-state index contributed by atoms with van der Waals surface area (Å²) in [5.74, 6) is -0.336. The molecule has 2 rings (SSSR count). The molecule has 5 heteroatoms. The van der Waals surface area contributed by atoms with Crippen LogP contribution in [0.5, 0.6) is 0 Å². The molecule has 1 fully saturated rings. The largest absolute Gasteiger partial charge is 0.389 e. The van der Waals surface area contributed by atoms with Crippen LogP contribution >= 0.6 is 12.2 Å². The molecule has 1 aromatic carbocycles. The van der Waals surface area contributed by atoms with Gasteiger partial charge in [0.15, 0.2) is 0 Å². The number of halogens is 1. The summed E-state index contributed by atoms with van der Waals surface area (Å²) in [6, 6.07) is 4.41. The molecule has 0 saturated carbocycles. The Labute approximate surface area is 112 Å². The normalized spacial score (nSPS) is 19.5. The Hall–Kier alpha value is -1.20. The fourth-order valence-electron chi connectivity index (χ4n) is 2.07. The van der Waals surface area contributed by atoms with Crippen molar-refractivity contribution in [1.29, 1.82) is 0 Å². The van der Waals surface area contributed by atoms with Crippen molar-refractivity contribution in [3.8, 4) is 0 Å². The lowest BCUT2D eigenvalue weighted by atomic mass is 10.1. The van der Waals surface area contributed by atoms with E-state index in [1.165, 1.54) is 18.6 Å². The van der Waals surface area contributed by atoms with E-state index >= 15 is 0 Å². The maximum Gasteiger partial charge on any atom is 0.124 e. The third-order valence-electron chi connectivity index (χ3n) is 3.04. The fourth-order valence-corrected chi connectivity index (χ4v) is 2.24. The molecule has 3 N–H and O–H groups in total. The molecule has 0 bridgehead atoms. The molecule has 0 spiro atoms. The van der Waals surface area contributed by atoms with E-state index in [1.54, 1.807) is 6.07 Å². The molecule has 0 aliphatic carbocycles. The minimum atomic E-state index is -0.336. The first kappa shape index (κ1) is 13.2. The summed E-state index contributed by atoms with van der Waals surface area (Å²) in [6.45, 7) is 1.51. The van der Waals surface area contributed by atoms with Crippen LogP contribution in [0, 0.1) is 5.82 Å². The van der Waals surface area contributed by atoms with E-state index < -0.39 is 0 Å². The molecule has 0 amide bonds. The lowest BCUT2D eigenvalue weighted by molar-refractivity contribution is 0.0247. The monoisotopic (exact) mass is 268 g/mol. The van der Waals surface area contributed by atoms with Gasteiger partial charge < -0.3 is 15.8 Å². The van der Waals surface area contributed by atoms with Crippen LogP contribution in [0.15, 0.2) is 18.2 Å². The van der Waals surface area contributed by atoms with Gasteiger partial charge in [-0.1, -0.05) is 12.2 Å². The van der Waals surface area contributed by atoms with E-state index in [0.717, 1.165) is 25.1 Å². The summed E-state index contributed by atoms with van der Waals surface area (Å²) in [5.41, 5.74) is 6.89. The first-order valence-electron chi connectivity index (χ1n) is 6.11. The van der Waals surface area contributed by atoms with Crippen molar-refractivity contribution in [2.45, 2.75) is 25.4 Å². The molecular weight excluding hydrogens is 251 g/mol. The van der Waals surface area contributed by atoms with Crippen molar-refractivity contribution in [1.82, 2.24) is 0 Å². The number of hydrogen-bond donors (Lipinski definition) is 2. The number of ether oxygens (including phenoxy) is 1. The Morgan fingerprint density at radius 2 is 2.33 bits per heavy atom. The van der Waals surface area contributed by atoms with Crippen molar-refractivity contribution >= 4 is 22.9 Å². The van der Waals surface area contributed by atoms with Gasteiger partial charge in [0, 0.05) is 24.4 Å². The zero-order valence-corrected chi connectivity index (χ0v) is 10.9. The molecule has 1 aromatic rings. The van der Waals surface area contributed by atoms with Gasteiger partial charge >= 0.3 is 0 Å². The van der Waals surface area contributed by atoms with Crippen LogP contribution < -0.4 is 11.1 Å². The Kier molecular flexibility index (Phi) is 4.49. The number of hydrogen-bond acceptors (Lipinski definition) is 3. The Balaban J connectivity index is 2.01. The highest BCUT2D eigenvalue weighted by atomic mass is 32.1.